The van der Waals surface area contributed by atoms with E-state index >= 15 is 0 Å². The lowest BCUT2D eigenvalue weighted by molar-refractivity contribution is 0.0993. The zero-order valence-electron chi connectivity index (χ0n) is 9.14. The van der Waals surface area contributed by atoms with Crippen LogP contribution < -0.4 is 10.6 Å². The molecule has 2 rings (SSSR count). The van der Waals surface area contributed by atoms with Crippen molar-refractivity contribution < 1.29 is 9.53 Å². The lowest BCUT2D eigenvalue weighted by atomic mass is 10.2. The van der Waals surface area contributed by atoms with Crippen LogP contribution in [0.2, 0.25) is 0 Å². The number of ether oxygens (including phenoxy) is 1. The van der Waals surface area contributed by atoms with Gasteiger partial charge in [-0.05, 0) is 6.92 Å². The summed E-state index contributed by atoms with van der Waals surface area (Å²) in [6.45, 7) is 4.48. The Hall–Kier alpha value is -1.69. The van der Waals surface area contributed by atoms with E-state index in [4.69, 9.17) is 10.5 Å². The van der Waals surface area contributed by atoms with E-state index < -0.39 is 5.91 Å². The highest BCUT2D eigenvalue weighted by Gasteiger charge is 2.19. The van der Waals surface area contributed by atoms with E-state index in [0.717, 1.165) is 13.1 Å². The van der Waals surface area contributed by atoms with Crippen LogP contribution in [0.25, 0.3) is 0 Å². The molecular weight excluding hydrogens is 208 g/mol. The Morgan fingerprint density at radius 3 is 2.81 bits per heavy atom. The lowest BCUT2D eigenvalue weighted by Crippen LogP contribution is -2.38. The highest BCUT2D eigenvalue weighted by Crippen LogP contribution is 2.18. The predicted octanol–water partition coefficient (Wildman–Crippen LogP) is -0.279. The Morgan fingerprint density at radius 2 is 2.19 bits per heavy atom. The molecule has 0 aliphatic carbocycles. The van der Waals surface area contributed by atoms with E-state index in [9.17, 15) is 4.79 Å². The number of hydrogen-bond acceptors (Lipinski definition) is 5. The van der Waals surface area contributed by atoms with Gasteiger partial charge in [0.05, 0.1) is 25.1 Å². The molecule has 2 heterocycles. The van der Waals surface area contributed by atoms with Gasteiger partial charge in [0.1, 0.15) is 5.82 Å². The van der Waals surface area contributed by atoms with Crippen molar-refractivity contribution in [1.82, 2.24) is 9.97 Å². The molecule has 2 N–H and O–H groups in total. The van der Waals surface area contributed by atoms with Crippen molar-refractivity contribution in [3.05, 3.63) is 17.7 Å². The van der Waals surface area contributed by atoms with Crippen molar-refractivity contribution in [3.63, 3.8) is 0 Å². The first-order chi connectivity index (χ1) is 7.68. The number of aromatic nitrogens is 2. The van der Waals surface area contributed by atoms with Crippen LogP contribution in [0.3, 0.4) is 0 Å². The standard InChI is InChI=1S/C10H14N4O2/c1-7-12-6-8(9(13-7)10(11)15)14-2-4-16-5-3-14/h6H,2-5H2,1H3,(H2,11,15). The van der Waals surface area contributed by atoms with E-state index in [1.807, 2.05) is 4.90 Å². The molecule has 1 aromatic heterocycles. The SMILES string of the molecule is Cc1ncc(N2CCOCC2)c(C(N)=O)n1. The molecule has 0 aromatic carbocycles. The molecule has 0 radical (unpaired) electrons. The maximum absolute atomic E-state index is 11.3. The first-order valence-corrected chi connectivity index (χ1v) is 5.14. The molecule has 0 spiro atoms. The van der Waals surface area contributed by atoms with Crippen LogP contribution in [0.1, 0.15) is 16.3 Å². The number of nitrogens with two attached hydrogens (primary N) is 1. The van der Waals surface area contributed by atoms with Crippen molar-refractivity contribution in [3.8, 4) is 0 Å². The molecule has 1 aliphatic rings. The molecule has 0 saturated carbocycles. The molecule has 86 valence electrons. The summed E-state index contributed by atoms with van der Waals surface area (Å²) in [5.74, 6) is 0.0257. The average molecular weight is 222 g/mol. The van der Waals surface area contributed by atoms with Gasteiger partial charge in [0.25, 0.3) is 5.91 Å². The molecule has 0 bridgehead atoms. The molecule has 6 heteroatoms. The van der Waals surface area contributed by atoms with E-state index in [1.54, 1.807) is 13.1 Å². The van der Waals surface area contributed by atoms with Gasteiger partial charge in [0.2, 0.25) is 0 Å². The third kappa shape index (κ3) is 2.11. The highest BCUT2D eigenvalue weighted by atomic mass is 16.5. The molecular formula is C10H14N4O2. The van der Waals surface area contributed by atoms with Crippen molar-refractivity contribution in [2.24, 2.45) is 5.73 Å². The third-order valence-electron chi connectivity index (χ3n) is 2.48. The fourth-order valence-corrected chi connectivity index (χ4v) is 1.68. The van der Waals surface area contributed by atoms with Gasteiger partial charge in [0.15, 0.2) is 5.69 Å². The fourth-order valence-electron chi connectivity index (χ4n) is 1.68. The predicted molar refractivity (Wildman–Crippen MR) is 58.3 cm³/mol. The second kappa shape index (κ2) is 4.44. The smallest absolute Gasteiger partial charge is 0.269 e. The summed E-state index contributed by atoms with van der Waals surface area (Å²) in [5.41, 5.74) is 6.29. The molecule has 1 saturated heterocycles. The van der Waals surface area contributed by atoms with Crippen molar-refractivity contribution in [2.45, 2.75) is 6.92 Å². The molecule has 1 fully saturated rings. The fraction of sp³-hybridized carbons (Fsp3) is 0.500. The Labute approximate surface area is 93.4 Å². The van der Waals surface area contributed by atoms with E-state index in [-0.39, 0.29) is 5.69 Å². The van der Waals surface area contributed by atoms with Gasteiger partial charge in [-0.3, -0.25) is 4.79 Å². The summed E-state index contributed by atoms with van der Waals surface area (Å²) in [6.07, 6.45) is 1.65. The van der Waals surface area contributed by atoms with Crippen LogP contribution in [-0.2, 0) is 4.74 Å². The summed E-state index contributed by atoms with van der Waals surface area (Å²) >= 11 is 0. The zero-order chi connectivity index (χ0) is 11.5. The van der Waals surface area contributed by atoms with Crippen LogP contribution in [0.4, 0.5) is 5.69 Å². The first-order valence-electron chi connectivity index (χ1n) is 5.14. The Balaban J connectivity index is 2.34. The molecule has 0 atom stereocenters. The molecule has 1 aliphatic heterocycles. The number of primary amides is 1. The second-order valence-electron chi connectivity index (χ2n) is 3.61. The van der Waals surface area contributed by atoms with Crippen LogP contribution >= 0.6 is 0 Å². The topological polar surface area (TPSA) is 81.3 Å². The summed E-state index contributed by atoms with van der Waals surface area (Å²) in [7, 11) is 0. The summed E-state index contributed by atoms with van der Waals surface area (Å²) in [5, 5.41) is 0. The summed E-state index contributed by atoms with van der Waals surface area (Å²) in [6, 6.07) is 0. The second-order valence-corrected chi connectivity index (χ2v) is 3.61. The van der Waals surface area contributed by atoms with Crippen molar-refractivity contribution in [1.29, 1.82) is 0 Å². The maximum atomic E-state index is 11.3. The lowest BCUT2D eigenvalue weighted by Gasteiger charge is -2.29. The number of carbonyl (C=O) groups excluding carboxylic acids is 1. The van der Waals surface area contributed by atoms with Gasteiger partial charge >= 0.3 is 0 Å². The van der Waals surface area contributed by atoms with Gasteiger partial charge in [-0.1, -0.05) is 0 Å². The van der Waals surface area contributed by atoms with Crippen LogP contribution in [0.15, 0.2) is 6.20 Å². The normalized spacial score (nSPS) is 16.2. The number of aryl methyl sites for hydroxylation is 1. The highest BCUT2D eigenvalue weighted by molar-refractivity contribution is 5.96. The zero-order valence-corrected chi connectivity index (χ0v) is 9.14. The number of rotatable bonds is 2. The van der Waals surface area contributed by atoms with Gasteiger partial charge < -0.3 is 15.4 Å². The average Bonchev–Trinajstić information content (AvgIpc) is 2.30. The Bertz CT molecular complexity index is 402. The summed E-state index contributed by atoms with van der Waals surface area (Å²) in [4.78, 5) is 21.5. The Morgan fingerprint density at radius 1 is 1.50 bits per heavy atom. The van der Waals surface area contributed by atoms with Crippen molar-refractivity contribution in [2.75, 3.05) is 31.2 Å². The van der Waals surface area contributed by atoms with Crippen LogP contribution in [0, 0.1) is 6.92 Å². The van der Waals surface area contributed by atoms with E-state index in [2.05, 4.69) is 9.97 Å². The molecule has 0 unspecified atom stereocenters. The quantitative estimate of drug-likeness (QED) is 0.744. The molecule has 1 aromatic rings. The van der Waals surface area contributed by atoms with E-state index in [1.165, 1.54) is 0 Å². The minimum absolute atomic E-state index is 0.286. The third-order valence-corrected chi connectivity index (χ3v) is 2.48. The van der Waals surface area contributed by atoms with E-state index in [0.29, 0.717) is 24.7 Å². The van der Waals surface area contributed by atoms with Gasteiger partial charge in [-0.25, -0.2) is 9.97 Å². The van der Waals surface area contributed by atoms with Crippen molar-refractivity contribution >= 4 is 11.6 Å². The molecule has 16 heavy (non-hydrogen) atoms. The number of carbonyl (C=O) groups is 1. The van der Waals surface area contributed by atoms with Crippen LogP contribution in [-0.4, -0.2) is 42.2 Å². The number of morpholine rings is 1. The monoisotopic (exact) mass is 222 g/mol. The molecule has 6 nitrogen and oxygen atoms in total. The number of anilines is 1. The maximum Gasteiger partial charge on any atom is 0.269 e. The Kier molecular flexibility index (Phi) is 3.00. The molecule has 1 amide bonds. The first kappa shape index (κ1) is 10.8. The van der Waals surface area contributed by atoms with Gasteiger partial charge in [0, 0.05) is 13.1 Å². The number of amides is 1. The minimum atomic E-state index is -0.521. The largest absolute Gasteiger partial charge is 0.378 e. The van der Waals surface area contributed by atoms with Gasteiger partial charge in [-0.2, -0.15) is 0 Å². The minimum Gasteiger partial charge on any atom is -0.378 e. The van der Waals surface area contributed by atoms with Gasteiger partial charge in [-0.15, -0.1) is 0 Å². The number of nitrogens with zero attached hydrogens (tertiary/aromatic N) is 3. The van der Waals surface area contributed by atoms with Crippen LogP contribution in [0.5, 0.6) is 0 Å². The summed E-state index contributed by atoms with van der Waals surface area (Å²) < 4.78 is 5.25. The number of hydrogen-bond donors (Lipinski definition) is 1.